The fourth-order valence-corrected chi connectivity index (χ4v) is 10.4. The van der Waals surface area contributed by atoms with Crippen LogP contribution >= 0.6 is 0 Å². The maximum absolute atomic E-state index is 14.2. The highest BCUT2D eigenvalue weighted by molar-refractivity contribution is 5.96. The zero-order valence-corrected chi connectivity index (χ0v) is 24.4. The summed E-state index contributed by atoms with van der Waals surface area (Å²) in [4.78, 5) is 27.1. The molecule has 7 atom stereocenters. The van der Waals surface area contributed by atoms with Gasteiger partial charge < -0.3 is 10.3 Å². The molecule has 5 aliphatic rings. The van der Waals surface area contributed by atoms with Gasteiger partial charge >= 0.3 is 0 Å². The summed E-state index contributed by atoms with van der Waals surface area (Å²) < 4.78 is 5.77. The van der Waals surface area contributed by atoms with E-state index < -0.39 is 5.41 Å². The number of aromatic nitrogens is 1. The van der Waals surface area contributed by atoms with Crippen LogP contribution in [0, 0.1) is 45.3 Å². The van der Waals surface area contributed by atoms with E-state index in [2.05, 4.69) is 52.8 Å². The topological polar surface area (TPSA) is 86.2 Å². The van der Waals surface area contributed by atoms with Crippen molar-refractivity contribution in [2.24, 2.45) is 51.1 Å². The molecule has 1 aromatic heterocycles. The molecule has 0 aliphatic heterocycles. The molecular weight excluding hydrogens is 460 g/mol. The van der Waals surface area contributed by atoms with Crippen LogP contribution in [-0.4, -0.2) is 16.8 Å². The van der Waals surface area contributed by atoms with E-state index in [9.17, 15) is 9.59 Å². The minimum atomic E-state index is -0.515. The quantitative estimate of drug-likeness (QED) is 0.452. The molecule has 1 heterocycles. The summed E-state index contributed by atoms with van der Waals surface area (Å²) in [6.07, 6.45) is 11.5. The Morgan fingerprint density at radius 2 is 1.68 bits per heavy atom. The Bertz CT molecular complexity index is 1140. The number of carbonyl (C=O) groups excluding carboxylic acids is 2. The third-order valence-electron chi connectivity index (χ3n) is 12.0. The van der Waals surface area contributed by atoms with Gasteiger partial charge in [0.1, 0.15) is 5.76 Å². The summed E-state index contributed by atoms with van der Waals surface area (Å²) in [6.45, 7) is 18.0. The van der Waals surface area contributed by atoms with Crippen LogP contribution in [0.4, 0.5) is 0 Å². The van der Waals surface area contributed by atoms with Crippen LogP contribution in [0.5, 0.6) is 0 Å². The first-order valence-corrected chi connectivity index (χ1v) is 14.8. The summed E-state index contributed by atoms with van der Waals surface area (Å²) in [5, 5.41) is 4.17. The molecule has 1 amide bonds. The smallest absolute Gasteiger partial charge is 0.223 e. The van der Waals surface area contributed by atoms with Gasteiger partial charge in [0.15, 0.2) is 5.78 Å². The molecule has 0 bridgehead atoms. The Kier molecular flexibility index (Phi) is 5.98. The number of primary amides is 1. The Hall–Kier alpha value is -1.91. The standard InChI is InChI=1S/C30H42N2O3.C2H6/c1-26(2)11-12-30(25(31)34)10-7-18-23(19(30)15-26)20(33)13-22-28(18,5)9-8-21-27(3,4)24-17(16-32-35-24)14-29(21,22)6;1-2/h13,16,18-19,21,23H,7-12,14-15H2,1-6H3,(H2,31,34);1-2H3. The van der Waals surface area contributed by atoms with Crippen LogP contribution in [0.25, 0.3) is 0 Å². The Labute approximate surface area is 223 Å². The van der Waals surface area contributed by atoms with Gasteiger partial charge in [-0.3, -0.25) is 9.59 Å². The van der Waals surface area contributed by atoms with Gasteiger partial charge in [-0.1, -0.05) is 66.1 Å². The fraction of sp³-hybridized carbons (Fsp3) is 0.781. The first-order valence-electron chi connectivity index (χ1n) is 14.8. The molecule has 0 saturated heterocycles. The number of ketones is 1. The number of hydrogen-bond donors (Lipinski definition) is 1. The summed E-state index contributed by atoms with van der Waals surface area (Å²) in [5.74, 6) is 1.76. The van der Waals surface area contributed by atoms with Crippen LogP contribution in [0.1, 0.15) is 112 Å². The zero-order chi connectivity index (χ0) is 27.2. The molecule has 37 heavy (non-hydrogen) atoms. The van der Waals surface area contributed by atoms with E-state index in [-0.39, 0.29) is 51.1 Å². The van der Waals surface area contributed by atoms with Gasteiger partial charge in [0.25, 0.3) is 0 Å². The van der Waals surface area contributed by atoms with E-state index in [1.807, 2.05) is 20.0 Å². The summed E-state index contributed by atoms with van der Waals surface area (Å²) in [5.41, 5.74) is 8.05. The number of nitrogens with zero attached hydrogens (tertiary/aromatic N) is 1. The number of fused-ring (bicyclic) bond motifs is 8. The first-order chi connectivity index (χ1) is 17.3. The Balaban J connectivity index is 0.00000137. The van der Waals surface area contributed by atoms with Gasteiger partial charge in [-0.15, -0.1) is 0 Å². The van der Waals surface area contributed by atoms with Gasteiger partial charge in [-0.05, 0) is 91.4 Å². The number of amides is 1. The maximum Gasteiger partial charge on any atom is 0.223 e. The molecule has 0 spiro atoms. The van der Waals surface area contributed by atoms with E-state index >= 15 is 0 Å². The largest absolute Gasteiger partial charge is 0.369 e. The SMILES string of the molecule is CC.CC1(C)CCC2(C(N)=O)CCC3C(C(=O)C=C4C3(C)CCC3C4(C)Cc4cnoc4C3(C)C)C2C1. The molecule has 1 aromatic rings. The van der Waals surface area contributed by atoms with E-state index in [0.29, 0.717) is 5.92 Å². The number of carbonyl (C=O) groups is 2. The van der Waals surface area contributed by atoms with Crippen molar-refractivity contribution in [3.63, 3.8) is 0 Å². The molecular formula is C32H48N2O3. The van der Waals surface area contributed by atoms with Crippen molar-refractivity contribution in [3.8, 4) is 0 Å². The minimum Gasteiger partial charge on any atom is -0.369 e. The van der Waals surface area contributed by atoms with Crippen molar-refractivity contribution in [1.82, 2.24) is 5.16 Å². The highest BCUT2D eigenvalue weighted by Gasteiger charge is 2.66. The molecule has 0 radical (unpaired) electrons. The van der Waals surface area contributed by atoms with Crippen LogP contribution in [0.2, 0.25) is 0 Å². The lowest BCUT2D eigenvalue weighted by Gasteiger charge is -2.65. The van der Waals surface area contributed by atoms with Gasteiger partial charge in [0.05, 0.1) is 11.6 Å². The third-order valence-corrected chi connectivity index (χ3v) is 12.0. The number of nitrogens with two attached hydrogens (primary N) is 1. The second-order valence-electron chi connectivity index (χ2n) is 14.6. The van der Waals surface area contributed by atoms with Crippen molar-refractivity contribution >= 4 is 11.7 Å². The lowest BCUT2D eigenvalue weighted by molar-refractivity contribution is -0.159. The molecule has 3 saturated carbocycles. The van der Waals surface area contributed by atoms with Crippen molar-refractivity contribution in [1.29, 1.82) is 0 Å². The molecule has 5 aliphatic carbocycles. The molecule has 0 aromatic carbocycles. The van der Waals surface area contributed by atoms with Crippen LogP contribution < -0.4 is 5.73 Å². The first kappa shape index (κ1) is 26.7. The highest BCUT2D eigenvalue weighted by atomic mass is 16.5. The van der Waals surface area contributed by atoms with Crippen molar-refractivity contribution in [2.45, 2.75) is 112 Å². The van der Waals surface area contributed by atoms with Crippen LogP contribution in [0.3, 0.4) is 0 Å². The summed E-state index contributed by atoms with van der Waals surface area (Å²) in [6, 6.07) is 0. The van der Waals surface area contributed by atoms with Crippen LogP contribution in [0.15, 0.2) is 22.4 Å². The third kappa shape index (κ3) is 3.44. The molecule has 7 unspecified atom stereocenters. The monoisotopic (exact) mass is 508 g/mol. The predicted molar refractivity (Wildman–Crippen MR) is 146 cm³/mol. The normalized spacial score (nSPS) is 42.9. The molecule has 204 valence electrons. The highest BCUT2D eigenvalue weighted by Crippen LogP contribution is 2.70. The van der Waals surface area contributed by atoms with Gasteiger partial charge in [-0.2, -0.15) is 0 Å². The van der Waals surface area contributed by atoms with Crippen molar-refractivity contribution in [3.05, 3.63) is 29.2 Å². The van der Waals surface area contributed by atoms with Gasteiger partial charge in [0.2, 0.25) is 5.91 Å². The number of rotatable bonds is 1. The minimum absolute atomic E-state index is 0.0278. The summed E-state index contributed by atoms with van der Waals surface area (Å²) in [7, 11) is 0. The maximum atomic E-state index is 14.2. The predicted octanol–water partition coefficient (Wildman–Crippen LogP) is 6.79. The summed E-state index contributed by atoms with van der Waals surface area (Å²) >= 11 is 0. The van der Waals surface area contributed by atoms with E-state index in [4.69, 9.17) is 10.3 Å². The number of allylic oxidation sites excluding steroid dienone is 2. The zero-order valence-electron chi connectivity index (χ0n) is 24.4. The van der Waals surface area contributed by atoms with E-state index in [0.717, 1.165) is 57.1 Å². The molecule has 5 heteroatoms. The van der Waals surface area contributed by atoms with E-state index in [1.165, 1.54) is 11.1 Å². The Morgan fingerprint density at radius 3 is 2.35 bits per heavy atom. The fourth-order valence-electron chi connectivity index (χ4n) is 10.4. The Morgan fingerprint density at radius 1 is 0.973 bits per heavy atom. The second kappa shape index (κ2) is 8.29. The lowest BCUT2D eigenvalue weighted by atomic mass is 9.38. The molecule has 5 nitrogen and oxygen atoms in total. The van der Waals surface area contributed by atoms with Gasteiger partial charge in [0, 0.05) is 16.9 Å². The van der Waals surface area contributed by atoms with E-state index in [1.54, 1.807) is 0 Å². The molecule has 3 fully saturated rings. The lowest BCUT2D eigenvalue weighted by Crippen LogP contribution is -2.62. The number of hydrogen-bond acceptors (Lipinski definition) is 4. The van der Waals surface area contributed by atoms with Crippen molar-refractivity contribution in [2.75, 3.05) is 0 Å². The molecule has 2 N–H and O–H groups in total. The van der Waals surface area contributed by atoms with Crippen molar-refractivity contribution < 1.29 is 14.1 Å². The average molecular weight is 509 g/mol. The van der Waals surface area contributed by atoms with Gasteiger partial charge in [-0.25, -0.2) is 0 Å². The second-order valence-corrected chi connectivity index (χ2v) is 14.6. The average Bonchev–Trinajstić information content (AvgIpc) is 3.30. The molecule has 6 rings (SSSR count). The van der Waals surface area contributed by atoms with Crippen LogP contribution in [-0.2, 0) is 21.4 Å².